The van der Waals surface area contributed by atoms with Crippen LogP contribution in [-0.2, 0) is 6.42 Å². The van der Waals surface area contributed by atoms with E-state index in [0.29, 0.717) is 0 Å². The van der Waals surface area contributed by atoms with Crippen LogP contribution in [0, 0.1) is 5.82 Å². The van der Waals surface area contributed by atoms with E-state index < -0.39 is 0 Å². The van der Waals surface area contributed by atoms with E-state index >= 15 is 0 Å². The largest absolute Gasteiger partial charge is 0.392 e. The van der Waals surface area contributed by atoms with E-state index in [2.05, 4.69) is 6.92 Å². The van der Waals surface area contributed by atoms with Crippen molar-refractivity contribution in [3.63, 3.8) is 0 Å². The van der Waals surface area contributed by atoms with E-state index in [9.17, 15) is 9.50 Å². The predicted octanol–water partition coefficient (Wildman–Crippen LogP) is 3.02. The lowest BCUT2D eigenvalue weighted by atomic mass is 9.93. The fraction of sp³-hybridized carbons (Fsp3) is 0.538. The number of benzene rings is 1. The quantitative estimate of drug-likeness (QED) is 0.809. The van der Waals surface area contributed by atoms with Crippen molar-refractivity contribution in [2.45, 2.75) is 44.6 Å². The zero-order valence-corrected chi connectivity index (χ0v) is 9.04. The zero-order chi connectivity index (χ0) is 10.8. The molecule has 1 aliphatic carbocycles. The Morgan fingerprint density at radius 2 is 2.33 bits per heavy atom. The first-order valence-corrected chi connectivity index (χ1v) is 5.69. The van der Waals surface area contributed by atoms with Crippen LogP contribution < -0.4 is 0 Å². The number of hydrogen-bond donors (Lipinski definition) is 1. The molecular formula is C13H17FO. The Bertz CT molecular complexity index is 348. The van der Waals surface area contributed by atoms with Crippen LogP contribution in [-0.4, -0.2) is 11.2 Å². The van der Waals surface area contributed by atoms with Gasteiger partial charge in [0.05, 0.1) is 6.10 Å². The molecular weight excluding hydrogens is 191 g/mol. The van der Waals surface area contributed by atoms with Crippen molar-refractivity contribution in [2.24, 2.45) is 0 Å². The van der Waals surface area contributed by atoms with Crippen molar-refractivity contribution in [3.8, 4) is 0 Å². The summed E-state index contributed by atoms with van der Waals surface area (Å²) in [6.07, 6.45) is 3.13. The molecule has 0 saturated carbocycles. The molecule has 1 nitrogen and oxygen atoms in total. The number of aliphatic hydroxyl groups is 1. The summed E-state index contributed by atoms with van der Waals surface area (Å²) in [5.74, 6) is 0.0364. The second-order valence-electron chi connectivity index (χ2n) is 4.31. The lowest BCUT2D eigenvalue weighted by Gasteiger charge is -2.18. The minimum atomic E-state index is -0.307. The van der Waals surface area contributed by atoms with Crippen molar-refractivity contribution in [1.82, 2.24) is 0 Å². The Balaban J connectivity index is 2.25. The van der Waals surface area contributed by atoms with Crippen LogP contribution in [0.3, 0.4) is 0 Å². The fourth-order valence-electron chi connectivity index (χ4n) is 2.54. The first kappa shape index (κ1) is 10.6. The molecule has 0 fully saturated rings. The van der Waals surface area contributed by atoms with Gasteiger partial charge in [-0.15, -0.1) is 0 Å². The van der Waals surface area contributed by atoms with E-state index in [1.165, 1.54) is 6.07 Å². The van der Waals surface area contributed by atoms with Crippen LogP contribution >= 0.6 is 0 Å². The summed E-state index contributed by atoms with van der Waals surface area (Å²) < 4.78 is 13.4. The third-order valence-corrected chi connectivity index (χ3v) is 3.31. The molecule has 0 spiro atoms. The Morgan fingerprint density at radius 1 is 1.53 bits per heavy atom. The summed E-state index contributed by atoms with van der Waals surface area (Å²) in [7, 11) is 0. The van der Waals surface area contributed by atoms with E-state index in [-0.39, 0.29) is 17.8 Å². The van der Waals surface area contributed by atoms with Crippen LogP contribution in [0.4, 0.5) is 4.39 Å². The lowest BCUT2D eigenvalue weighted by molar-refractivity contribution is 0.132. The van der Waals surface area contributed by atoms with E-state index in [4.69, 9.17) is 0 Å². The van der Waals surface area contributed by atoms with E-state index in [0.717, 1.165) is 36.8 Å². The molecule has 1 N–H and O–H groups in total. The van der Waals surface area contributed by atoms with Gasteiger partial charge in [0.25, 0.3) is 0 Å². The molecule has 82 valence electrons. The maximum Gasteiger partial charge on any atom is 0.126 e. The third-order valence-electron chi connectivity index (χ3n) is 3.31. The van der Waals surface area contributed by atoms with Gasteiger partial charge in [0.15, 0.2) is 0 Å². The van der Waals surface area contributed by atoms with Crippen molar-refractivity contribution < 1.29 is 9.50 Å². The zero-order valence-electron chi connectivity index (χ0n) is 9.04. The summed E-state index contributed by atoms with van der Waals surface area (Å²) in [4.78, 5) is 0. The molecule has 0 amide bonds. The van der Waals surface area contributed by atoms with Gasteiger partial charge in [-0.2, -0.15) is 0 Å². The van der Waals surface area contributed by atoms with Gasteiger partial charge in [0.1, 0.15) is 5.82 Å². The van der Waals surface area contributed by atoms with Crippen molar-refractivity contribution in [2.75, 3.05) is 0 Å². The molecule has 1 aromatic rings. The second-order valence-corrected chi connectivity index (χ2v) is 4.31. The lowest BCUT2D eigenvalue weighted by Crippen LogP contribution is -2.15. The van der Waals surface area contributed by atoms with Gasteiger partial charge in [-0.25, -0.2) is 4.39 Å². The molecule has 2 unspecified atom stereocenters. The minimum absolute atomic E-state index is 0.112. The molecule has 1 aliphatic rings. The molecule has 1 aromatic carbocycles. The summed E-state index contributed by atoms with van der Waals surface area (Å²) in [6.45, 7) is 2.06. The molecule has 0 aromatic heterocycles. The summed E-state index contributed by atoms with van der Waals surface area (Å²) in [6, 6.07) is 5.20. The minimum Gasteiger partial charge on any atom is -0.392 e. The average Bonchev–Trinajstić information content (AvgIpc) is 2.63. The van der Waals surface area contributed by atoms with Crippen LogP contribution in [0.5, 0.6) is 0 Å². The van der Waals surface area contributed by atoms with Gasteiger partial charge in [0.2, 0.25) is 0 Å². The van der Waals surface area contributed by atoms with Gasteiger partial charge in [-0.3, -0.25) is 0 Å². The van der Waals surface area contributed by atoms with Gasteiger partial charge >= 0.3 is 0 Å². The normalized spacial score (nSPS) is 21.4. The molecule has 2 atom stereocenters. The second kappa shape index (κ2) is 4.31. The monoisotopic (exact) mass is 208 g/mol. The number of hydrogen-bond acceptors (Lipinski definition) is 1. The highest BCUT2D eigenvalue weighted by Gasteiger charge is 2.29. The molecule has 0 radical (unpaired) electrons. The first-order valence-electron chi connectivity index (χ1n) is 5.69. The standard InChI is InChI=1S/C13H17FO/c1-2-4-13(15)11-8-7-10-9(11)5-3-6-12(10)14/h3,5-6,11,13,15H,2,4,7-8H2,1H3. The Hall–Kier alpha value is -0.890. The van der Waals surface area contributed by atoms with Crippen LogP contribution in [0.2, 0.25) is 0 Å². The molecule has 2 heteroatoms. The molecule has 0 heterocycles. The third kappa shape index (κ3) is 1.91. The van der Waals surface area contributed by atoms with Gasteiger partial charge in [0, 0.05) is 5.92 Å². The maximum atomic E-state index is 13.4. The highest BCUT2D eigenvalue weighted by molar-refractivity contribution is 5.36. The molecule has 15 heavy (non-hydrogen) atoms. The van der Waals surface area contributed by atoms with Crippen LogP contribution in [0.25, 0.3) is 0 Å². The van der Waals surface area contributed by atoms with Gasteiger partial charge in [-0.1, -0.05) is 25.5 Å². The van der Waals surface area contributed by atoms with Crippen LogP contribution in [0.1, 0.15) is 43.2 Å². The summed E-state index contributed by atoms with van der Waals surface area (Å²) in [5, 5.41) is 9.96. The van der Waals surface area contributed by atoms with E-state index in [1.54, 1.807) is 6.07 Å². The number of rotatable bonds is 3. The Labute approximate surface area is 89.9 Å². The van der Waals surface area contributed by atoms with Crippen molar-refractivity contribution in [3.05, 3.63) is 35.1 Å². The topological polar surface area (TPSA) is 20.2 Å². The van der Waals surface area contributed by atoms with Crippen molar-refractivity contribution >= 4 is 0 Å². The molecule has 0 bridgehead atoms. The smallest absolute Gasteiger partial charge is 0.126 e. The highest BCUT2D eigenvalue weighted by atomic mass is 19.1. The highest BCUT2D eigenvalue weighted by Crippen LogP contribution is 2.37. The maximum absolute atomic E-state index is 13.4. The average molecular weight is 208 g/mol. The summed E-state index contributed by atoms with van der Waals surface area (Å²) >= 11 is 0. The van der Waals surface area contributed by atoms with Crippen LogP contribution in [0.15, 0.2) is 18.2 Å². The number of fused-ring (bicyclic) bond motifs is 1. The molecule has 0 saturated heterocycles. The Morgan fingerprint density at radius 3 is 3.07 bits per heavy atom. The number of halogens is 1. The SMILES string of the molecule is CCCC(O)C1CCc2c(F)cccc21. The van der Waals surface area contributed by atoms with Gasteiger partial charge in [-0.05, 0) is 36.5 Å². The fourth-order valence-corrected chi connectivity index (χ4v) is 2.54. The number of aliphatic hydroxyl groups excluding tert-OH is 1. The van der Waals surface area contributed by atoms with E-state index in [1.807, 2.05) is 6.07 Å². The summed E-state index contributed by atoms with van der Waals surface area (Å²) in [5.41, 5.74) is 1.84. The first-order chi connectivity index (χ1) is 7.24. The van der Waals surface area contributed by atoms with Crippen molar-refractivity contribution in [1.29, 1.82) is 0 Å². The Kier molecular flexibility index (Phi) is 3.06. The molecule has 2 rings (SSSR count). The predicted molar refractivity (Wildman–Crippen MR) is 58.4 cm³/mol. The molecule has 0 aliphatic heterocycles. The van der Waals surface area contributed by atoms with Gasteiger partial charge < -0.3 is 5.11 Å².